The first kappa shape index (κ1) is 16.8. The van der Waals surface area contributed by atoms with Gasteiger partial charge in [0.05, 0.1) is 11.0 Å². The maximum absolute atomic E-state index is 13.0. The molecule has 1 aromatic heterocycles. The van der Waals surface area contributed by atoms with E-state index in [9.17, 15) is 14.7 Å². The zero-order valence-electron chi connectivity index (χ0n) is 14.8. The number of hydrogen-bond acceptors (Lipinski definition) is 3. The van der Waals surface area contributed by atoms with Crippen molar-refractivity contribution in [1.29, 1.82) is 0 Å². The van der Waals surface area contributed by atoms with Gasteiger partial charge in [-0.2, -0.15) is 0 Å². The molecule has 2 aliphatic rings. The van der Waals surface area contributed by atoms with Gasteiger partial charge in [0.15, 0.2) is 0 Å². The Balaban J connectivity index is 1.59. The molecule has 1 aliphatic carbocycles. The van der Waals surface area contributed by atoms with E-state index >= 15 is 0 Å². The Morgan fingerprint density at radius 3 is 2.65 bits per heavy atom. The summed E-state index contributed by atoms with van der Waals surface area (Å²) in [5, 5.41) is 9.71. The number of carbonyl (C=O) groups is 2. The minimum Gasteiger partial charge on any atom is -0.481 e. The van der Waals surface area contributed by atoms with E-state index in [2.05, 4.69) is 4.98 Å². The van der Waals surface area contributed by atoms with Crippen LogP contribution in [0.25, 0.3) is 11.1 Å². The normalized spacial score (nSPS) is 24.5. The highest BCUT2D eigenvalue weighted by molar-refractivity contribution is 5.96. The molecule has 1 aliphatic heterocycles. The van der Waals surface area contributed by atoms with Crippen molar-refractivity contribution in [3.63, 3.8) is 0 Å². The van der Waals surface area contributed by atoms with Gasteiger partial charge in [0.2, 0.25) is 0 Å². The van der Waals surface area contributed by atoms with E-state index in [0.717, 1.165) is 24.0 Å². The van der Waals surface area contributed by atoms with Crippen LogP contribution in [0.4, 0.5) is 0 Å². The quantitative estimate of drug-likeness (QED) is 0.921. The van der Waals surface area contributed by atoms with Gasteiger partial charge in [-0.05, 0) is 37.3 Å². The Kier molecular flexibility index (Phi) is 4.02. The summed E-state index contributed by atoms with van der Waals surface area (Å²) < 4.78 is 0. The van der Waals surface area contributed by atoms with Gasteiger partial charge >= 0.3 is 5.97 Å². The summed E-state index contributed by atoms with van der Waals surface area (Å²) in [7, 11) is 0. The highest BCUT2D eigenvalue weighted by Gasteiger charge is 2.55. The van der Waals surface area contributed by atoms with Crippen LogP contribution in [0.5, 0.6) is 0 Å². The number of likely N-dealkylation sites (tertiary alicyclic amines) is 1. The largest absolute Gasteiger partial charge is 0.481 e. The van der Waals surface area contributed by atoms with E-state index < -0.39 is 11.4 Å². The van der Waals surface area contributed by atoms with Crippen molar-refractivity contribution in [2.24, 2.45) is 11.3 Å². The molecule has 1 amide bonds. The molecule has 1 saturated carbocycles. The van der Waals surface area contributed by atoms with Gasteiger partial charge in [0.25, 0.3) is 5.91 Å². The lowest BCUT2D eigenvalue weighted by Gasteiger charge is -2.23. The van der Waals surface area contributed by atoms with Crippen molar-refractivity contribution >= 4 is 11.9 Å². The molecule has 2 aromatic rings. The average Bonchev–Trinajstić information content (AvgIpc) is 3.20. The number of aryl methyl sites for hydroxylation is 1. The fraction of sp³-hybridized carbons (Fsp3) is 0.381. The molecular formula is C21H22N2O3. The maximum atomic E-state index is 13.0. The number of carbonyl (C=O) groups excluding carboxylic acids is 1. The van der Waals surface area contributed by atoms with E-state index in [1.807, 2.05) is 37.3 Å². The Hall–Kier alpha value is -2.69. The smallest absolute Gasteiger partial charge is 0.311 e. The molecule has 0 bridgehead atoms. The second-order valence-electron chi connectivity index (χ2n) is 7.56. The Morgan fingerprint density at radius 2 is 1.96 bits per heavy atom. The summed E-state index contributed by atoms with van der Waals surface area (Å²) in [6.45, 7) is 2.87. The predicted molar refractivity (Wildman–Crippen MR) is 97.7 cm³/mol. The third kappa shape index (κ3) is 2.68. The Labute approximate surface area is 152 Å². The predicted octanol–water partition coefficient (Wildman–Crippen LogP) is 3.38. The lowest BCUT2D eigenvalue weighted by atomic mass is 9.81. The van der Waals surface area contributed by atoms with E-state index in [4.69, 9.17) is 0 Å². The van der Waals surface area contributed by atoms with Gasteiger partial charge in [0, 0.05) is 31.0 Å². The number of amides is 1. The molecular weight excluding hydrogens is 328 g/mol. The van der Waals surface area contributed by atoms with Crippen molar-refractivity contribution in [3.8, 4) is 11.1 Å². The first-order valence-corrected chi connectivity index (χ1v) is 9.04. The molecule has 5 heteroatoms. The van der Waals surface area contributed by atoms with Gasteiger partial charge < -0.3 is 10.0 Å². The van der Waals surface area contributed by atoms with Crippen molar-refractivity contribution < 1.29 is 14.7 Å². The first-order chi connectivity index (χ1) is 12.5. The van der Waals surface area contributed by atoms with E-state index in [1.54, 1.807) is 17.3 Å². The molecule has 0 radical (unpaired) electrons. The highest BCUT2D eigenvalue weighted by atomic mass is 16.4. The van der Waals surface area contributed by atoms with Crippen LogP contribution >= 0.6 is 0 Å². The van der Waals surface area contributed by atoms with E-state index in [0.29, 0.717) is 25.1 Å². The van der Waals surface area contributed by atoms with Crippen LogP contribution < -0.4 is 0 Å². The molecule has 1 aromatic carbocycles. The van der Waals surface area contributed by atoms with Crippen LogP contribution in [0.2, 0.25) is 0 Å². The van der Waals surface area contributed by atoms with Gasteiger partial charge in [-0.25, -0.2) is 0 Å². The molecule has 134 valence electrons. The number of rotatable bonds is 3. The van der Waals surface area contributed by atoms with Crippen LogP contribution in [-0.4, -0.2) is 40.0 Å². The van der Waals surface area contributed by atoms with Gasteiger partial charge in [0.1, 0.15) is 0 Å². The number of pyridine rings is 1. The SMILES string of the molecule is Cc1ccc(-c2cncc(C(=O)N3C[C@@H]4CCC[C@@]4(C(=O)O)C3)c2)cc1. The summed E-state index contributed by atoms with van der Waals surface area (Å²) in [5.74, 6) is -0.819. The Bertz CT molecular complexity index is 862. The van der Waals surface area contributed by atoms with Gasteiger partial charge in [-0.15, -0.1) is 0 Å². The molecule has 1 saturated heterocycles. The summed E-state index contributed by atoms with van der Waals surface area (Å²) in [5.41, 5.74) is 2.85. The fourth-order valence-electron chi connectivity index (χ4n) is 4.44. The maximum Gasteiger partial charge on any atom is 0.311 e. The second-order valence-corrected chi connectivity index (χ2v) is 7.56. The van der Waals surface area contributed by atoms with Crippen LogP contribution in [0.15, 0.2) is 42.7 Å². The topological polar surface area (TPSA) is 70.5 Å². The Morgan fingerprint density at radius 1 is 1.19 bits per heavy atom. The lowest BCUT2D eigenvalue weighted by molar-refractivity contribution is -0.149. The molecule has 0 unspecified atom stereocenters. The molecule has 0 spiro atoms. The van der Waals surface area contributed by atoms with Gasteiger partial charge in [-0.3, -0.25) is 14.6 Å². The minimum absolute atomic E-state index is 0.0668. The average molecular weight is 350 g/mol. The van der Waals surface area contributed by atoms with Crippen LogP contribution in [0, 0.1) is 18.3 Å². The molecule has 26 heavy (non-hydrogen) atoms. The number of fused-ring (bicyclic) bond motifs is 1. The van der Waals surface area contributed by atoms with Crippen LogP contribution in [-0.2, 0) is 4.79 Å². The third-order valence-electron chi connectivity index (χ3n) is 5.95. The third-order valence-corrected chi connectivity index (χ3v) is 5.95. The lowest BCUT2D eigenvalue weighted by Crippen LogP contribution is -2.37. The summed E-state index contributed by atoms with van der Waals surface area (Å²) in [6.07, 6.45) is 5.81. The number of carboxylic acid groups (broad SMARTS) is 1. The number of aliphatic carboxylic acids is 1. The number of aromatic nitrogens is 1. The first-order valence-electron chi connectivity index (χ1n) is 9.04. The van der Waals surface area contributed by atoms with Gasteiger partial charge in [-0.1, -0.05) is 36.2 Å². The second kappa shape index (κ2) is 6.24. The fourth-order valence-corrected chi connectivity index (χ4v) is 4.44. The van der Waals surface area contributed by atoms with Crippen molar-refractivity contribution in [1.82, 2.24) is 9.88 Å². The number of benzene rings is 1. The number of hydrogen-bond donors (Lipinski definition) is 1. The molecule has 2 heterocycles. The monoisotopic (exact) mass is 350 g/mol. The van der Waals surface area contributed by atoms with Crippen molar-refractivity contribution in [3.05, 3.63) is 53.9 Å². The van der Waals surface area contributed by atoms with Crippen molar-refractivity contribution in [2.75, 3.05) is 13.1 Å². The van der Waals surface area contributed by atoms with E-state index in [1.165, 1.54) is 5.56 Å². The standard InChI is InChI=1S/C21H22N2O3/c1-14-4-6-15(7-5-14)16-9-17(11-22-10-16)19(24)23-12-18-3-2-8-21(18,13-23)20(25)26/h4-7,9-11,18H,2-3,8,12-13H2,1H3,(H,25,26)/t18-,21+/m0/s1. The number of carboxylic acids is 1. The van der Waals surface area contributed by atoms with Crippen LogP contribution in [0.1, 0.15) is 35.2 Å². The van der Waals surface area contributed by atoms with E-state index in [-0.39, 0.29) is 11.8 Å². The molecule has 5 nitrogen and oxygen atoms in total. The molecule has 4 rings (SSSR count). The zero-order chi connectivity index (χ0) is 18.3. The molecule has 1 N–H and O–H groups in total. The summed E-state index contributed by atoms with van der Waals surface area (Å²) in [6, 6.07) is 9.94. The molecule has 2 fully saturated rings. The highest BCUT2D eigenvalue weighted by Crippen LogP contribution is 2.49. The minimum atomic E-state index is -0.762. The van der Waals surface area contributed by atoms with Crippen LogP contribution in [0.3, 0.4) is 0 Å². The summed E-state index contributed by atoms with van der Waals surface area (Å²) in [4.78, 5) is 30.7. The molecule has 2 atom stereocenters. The summed E-state index contributed by atoms with van der Waals surface area (Å²) >= 11 is 0. The zero-order valence-corrected chi connectivity index (χ0v) is 14.8. The van der Waals surface area contributed by atoms with Crippen molar-refractivity contribution in [2.45, 2.75) is 26.2 Å². The number of nitrogens with zero attached hydrogens (tertiary/aromatic N) is 2.